The van der Waals surface area contributed by atoms with Crippen molar-refractivity contribution in [1.29, 1.82) is 0 Å². The molecular weight excluding hydrogens is 326 g/mol. The highest BCUT2D eigenvalue weighted by molar-refractivity contribution is 5.82. The Balaban J connectivity index is 1.89. The van der Waals surface area contributed by atoms with Crippen LogP contribution in [0, 0.1) is 34.6 Å². The Morgan fingerprint density at radius 1 is 1.12 bits per heavy atom. The molecule has 0 spiro atoms. The van der Waals surface area contributed by atoms with Crippen molar-refractivity contribution in [3.63, 3.8) is 0 Å². The van der Waals surface area contributed by atoms with Crippen LogP contribution >= 0.6 is 0 Å². The summed E-state index contributed by atoms with van der Waals surface area (Å²) in [5.41, 5.74) is 10.1. The summed E-state index contributed by atoms with van der Waals surface area (Å²) >= 11 is 0. The molecule has 0 saturated carbocycles. The maximum atomic E-state index is 11.5. The molecule has 6 heteroatoms. The van der Waals surface area contributed by atoms with Crippen LogP contribution in [0.5, 0.6) is 0 Å². The van der Waals surface area contributed by atoms with Gasteiger partial charge in [0.15, 0.2) is 0 Å². The number of aryl methyl sites for hydroxylation is 4. The zero-order valence-electron chi connectivity index (χ0n) is 15.7. The second kappa shape index (κ2) is 7.00. The Morgan fingerprint density at radius 3 is 2.58 bits per heavy atom. The molecule has 0 radical (unpaired) electrons. The zero-order chi connectivity index (χ0) is 18.8. The molecule has 0 aliphatic heterocycles. The zero-order valence-corrected chi connectivity index (χ0v) is 15.7. The van der Waals surface area contributed by atoms with Crippen LogP contribution in [0.1, 0.15) is 33.8 Å². The number of nitrogens with zero attached hydrogens (tertiary/aromatic N) is 3. The van der Waals surface area contributed by atoms with Crippen LogP contribution in [0.2, 0.25) is 0 Å². The van der Waals surface area contributed by atoms with Crippen LogP contribution in [-0.4, -0.2) is 20.7 Å². The minimum absolute atomic E-state index is 0.205. The van der Waals surface area contributed by atoms with E-state index in [2.05, 4.69) is 77.0 Å². The quantitative estimate of drug-likeness (QED) is 0.559. The lowest BCUT2D eigenvalue weighted by molar-refractivity contribution is 0.952. The second-order valence-electron chi connectivity index (χ2n) is 6.56. The van der Waals surface area contributed by atoms with Gasteiger partial charge in [0.05, 0.1) is 6.21 Å². The first kappa shape index (κ1) is 17.7. The van der Waals surface area contributed by atoms with Gasteiger partial charge in [-0.1, -0.05) is 17.7 Å². The molecule has 0 unspecified atom stereocenters. The van der Waals surface area contributed by atoms with E-state index in [1.165, 1.54) is 22.9 Å². The maximum absolute atomic E-state index is 11.5. The van der Waals surface area contributed by atoms with E-state index in [0.29, 0.717) is 11.6 Å². The summed E-state index contributed by atoms with van der Waals surface area (Å²) in [4.78, 5) is 18.3. The molecule has 0 amide bonds. The lowest BCUT2D eigenvalue weighted by atomic mass is 10.1. The number of hydrazone groups is 1. The van der Waals surface area contributed by atoms with E-state index in [4.69, 9.17) is 0 Å². The van der Waals surface area contributed by atoms with Gasteiger partial charge in [0, 0.05) is 34.4 Å². The number of hydrogen-bond acceptors (Lipinski definition) is 4. The molecule has 134 valence electrons. The minimum Gasteiger partial charge on any atom is -0.318 e. The molecule has 0 bridgehead atoms. The molecule has 1 aromatic carbocycles. The number of rotatable bonds is 4. The van der Waals surface area contributed by atoms with Crippen molar-refractivity contribution in [2.75, 3.05) is 5.43 Å². The first-order chi connectivity index (χ1) is 12.3. The van der Waals surface area contributed by atoms with Gasteiger partial charge < -0.3 is 4.57 Å². The Kier molecular flexibility index (Phi) is 4.75. The normalized spacial score (nSPS) is 11.3. The van der Waals surface area contributed by atoms with Gasteiger partial charge in [-0.2, -0.15) is 5.10 Å². The highest BCUT2D eigenvalue weighted by Crippen LogP contribution is 2.23. The van der Waals surface area contributed by atoms with Crippen LogP contribution < -0.4 is 11.0 Å². The molecule has 3 rings (SSSR count). The maximum Gasteiger partial charge on any atom is 0.252 e. The Morgan fingerprint density at radius 2 is 1.88 bits per heavy atom. The first-order valence-electron chi connectivity index (χ1n) is 8.49. The molecule has 2 heterocycles. The van der Waals surface area contributed by atoms with Crippen LogP contribution in [0.15, 0.2) is 40.2 Å². The summed E-state index contributed by atoms with van der Waals surface area (Å²) in [6.07, 6.45) is 1.74. The summed E-state index contributed by atoms with van der Waals surface area (Å²) in [7, 11) is 0. The molecule has 6 nitrogen and oxygen atoms in total. The third-order valence-corrected chi connectivity index (χ3v) is 4.31. The fourth-order valence-corrected chi connectivity index (χ4v) is 3.14. The van der Waals surface area contributed by atoms with E-state index >= 15 is 0 Å². The molecule has 0 fully saturated rings. The molecule has 0 aliphatic rings. The number of anilines is 1. The Labute approximate surface area is 152 Å². The summed E-state index contributed by atoms with van der Waals surface area (Å²) in [5, 5.41) is 4.22. The van der Waals surface area contributed by atoms with E-state index in [9.17, 15) is 4.79 Å². The van der Waals surface area contributed by atoms with Crippen molar-refractivity contribution >= 4 is 12.2 Å². The molecule has 0 saturated heterocycles. The number of aromatic nitrogens is 3. The van der Waals surface area contributed by atoms with E-state index in [1.54, 1.807) is 13.1 Å². The van der Waals surface area contributed by atoms with Crippen LogP contribution in [0.25, 0.3) is 5.69 Å². The van der Waals surface area contributed by atoms with Gasteiger partial charge in [-0.05, 0) is 52.3 Å². The predicted molar refractivity (Wildman–Crippen MR) is 106 cm³/mol. The smallest absolute Gasteiger partial charge is 0.252 e. The molecule has 3 aromatic rings. The fraction of sp³-hybridized carbons (Fsp3) is 0.250. The van der Waals surface area contributed by atoms with Crippen molar-refractivity contribution in [1.82, 2.24) is 14.5 Å². The second-order valence-corrected chi connectivity index (χ2v) is 6.56. The monoisotopic (exact) mass is 349 g/mol. The molecular formula is C20H23N5O. The standard InChI is InChI=1S/C20H23N5O/c1-12-6-7-18(13(2)8-12)25-15(4)10-17(16(25)5)11-21-24-20-22-14(3)9-19(26)23-20/h6-11H,1-5H3,(H2,22,23,24,26). The largest absolute Gasteiger partial charge is 0.318 e. The third-order valence-electron chi connectivity index (χ3n) is 4.31. The van der Waals surface area contributed by atoms with Crippen LogP contribution in [0.3, 0.4) is 0 Å². The lowest BCUT2D eigenvalue weighted by Gasteiger charge is -2.13. The first-order valence-corrected chi connectivity index (χ1v) is 8.49. The average molecular weight is 349 g/mol. The SMILES string of the molecule is Cc1ccc(-n2c(C)cc(C=NNc3nc(C)cc(=O)[nH]3)c2C)c(C)c1. The Hall–Kier alpha value is -3.15. The van der Waals surface area contributed by atoms with Crippen molar-refractivity contribution in [2.45, 2.75) is 34.6 Å². The van der Waals surface area contributed by atoms with Crippen molar-refractivity contribution in [3.05, 3.63) is 74.5 Å². The molecule has 0 atom stereocenters. The van der Waals surface area contributed by atoms with Crippen molar-refractivity contribution in [2.24, 2.45) is 5.10 Å². The summed E-state index contributed by atoms with van der Waals surface area (Å²) < 4.78 is 2.23. The van der Waals surface area contributed by atoms with Crippen LogP contribution in [-0.2, 0) is 0 Å². The molecule has 2 aromatic heterocycles. The minimum atomic E-state index is -0.205. The number of aromatic amines is 1. The topological polar surface area (TPSA) is 75.1 Å². The fourth-order valence-electron chi connectivity index (χ4n) is 3.14. The predicted octanol–water partition coefficient (Wildman–Crippen LogP) is 3.55. The number of nitrogens with one attached hydrogen (secondary N) is 2. The third kappa shape index (κ3) is 3.59. The van der Waals surface area contributed by atoms with Gasteiger partial charge in [-0.3, -0.25) is 9.78 Å². The summed E-state index contributed by atoms with van der Waals surface area (Å²) in [6, 6.07) is 9.98. The van der Waals surface area contributed by atoms with Crippen molar-refractivity contribution < 1.29 is 0 Å². The van der Waals surface area contributed by atoms with E-state index in [0.717, 1.165) is 17.0 Å². The molecule has 0 aliphatic carbocycles. The highest BCUT2D eigenvalue weighted by atomic mass is 16.1. The average Bonchev–Trinajstić information content (AvgIpc) is 2.81. The van der Waals surface area contributed by atoms with Gasteiger partial charge in [0.2, 0.25) is 5.95 Å². The van der Waals surface area contributed by atoms with Crippen LogP contribution in [0.4, 0.5) is 5.95 Å². The van der Waals surface area contributed by atoms with E-state index in [1.807, 2.05) is 0 Å². The van der Waals surface area contributed by atoms with E-state index < -0.39 is 0 Å². The molecule has 26 heavy (non-hydrogen) atoms. The van der Waals surface area contributed by atoms with Crippen molar-refractivity contribution in [3.8, 4) is 5.69 Å². The van der Waals surface area contributed by atoms with E-state index in [-0.39, 0.29) is 5.56 Å². The van der Waals surface area contributed by atoms with Gasteiger partial charge in [-0.25, -0.2) is 10.4 Å². The summed E-state index contributed by atoms with van der Waals surface area (Å²) in [6.45, 7) is 10.1. The van der Waals surface area contributed by atoms with Gasteiger partial charge in [0.1, 0.15) is 0 Å². The van der Waals surface area contributed by atoms with Gasteiger partial charge in [0.25, 0.3) is 5.56 Å². The number of hydrogen-bond donors (Lipinski definition) is 2. The number of H-pyrrole nitrogens is 1. The van der Waals surface area contributed by atoms with Gasteiger partial charge in [-0.15, -0.1) is 0 Å². The van der Waals surface area contributed by atoms with Gasteiger partial charge >= 0.3 is 0 Å². The Bertz CT molecular complexity index is 1040. The molecule has 2 N–H and O–H groups in total. The lowest BCUT2D eigenvalue weighted by Crippen LogP contribution is -2.10. The highest BCUT2D eigenvalue weighted by Gasteiger charge is 2.11. The number of benzene rings is 1. The summed E-state index contributed by atoms with van der Waals surface area (Å²) in [5.74, 6) is 0.328.